The third-order valence-corrected chi connectivity index (χ3v) is 4.65. The van der Waals surface area contributed by atoms with E-state index in [1.807, 2.05) is 35.4 Å². The second-order valence-electron chi connectivity index (χ2n) is 6.35. The molecule has 1 aliphatic rings. The molecule has 1 saturated heterocycles. The Morgan fingerprint density at radius 2 is 2.08 bits per heavy atom. The molecule has 0 radical (unpaired) electrons. The molecule has 26 heavy (non-hydrogen) atoms. The van der Waals surface area contributed by atoms with Gasteiger partial charge in [0.1, 0.15) is 5.69 Å². The highest BCUT2D eigenvalue weighted by Gasteiger charge is 2.27. The minimum Gasteiger partial charge on any atom is -0.343 e. The van der Waals surface area contributed by atoms with Crippen LogP contribution in [0.1, 0.15) is 31.0 Å². The summed E-state index contributed by atoms with van der Waals surface area (Å²) in [5, 5.41) is 8.24. The zero-order valence-corrected chi connectivity index (χ0v) is 14.4. The van der Waals surface area contributed by atoms with E-state index in [9.17, 15) is 4.79 Å². The number of hydrogen-bond donors (Lipinski definition) is 0. The van der Waals surface area contributed by atoms with Crippen LogP contribution in [0.4, 0.5) is 0 Å². The molecule has 0 N–H and O–H groups in total. The van der Waals surface area contributed by atoms with Crippen molar-refractivity contribution in [2.24, 2.45) is 0 Å². The Labute approximate surface area is 150 Å². The van der Waals surface area contributed by atoms with Crippen LogP contribution in [-0.2, 0) is 11.3 Å². The monoisotopic (exact) mass is 352 g/mol. The highest BCUT2D eigenvalue weighted by atomic mass is 16.5. The van der Waals surface area contributed by atoms with Crippen LogP contribution in [0, 0.1) is 0 Å². The maximum absolute atomic E-state index is 12.4. The number of rotatable bonds is 5. The van der Waals surface area contributed by atoms with Gasteiger partial charge in [-0.3, -0.25) is 14.5 Å². The molecule has 134 valence electrons. The van der Waals surface area contributed by atoms with E-state index in [1.54, 1.807) is 17.1 Å². The molecule has 1 aliphatic heterocycles. The molecule has 3 aromatic heterocycles. The maximum Gasteiger partial charge on any atom is 0.276 e. The number of nitrogens with zero attached hydrogens (tertiary/aromatic N) is 6. The van der Waals surface area contributed by atoms with Crippen LogP contribution in [0.3, 0.4) is 0 Å². The third-order valence-electron chi connectivity index (χ3n) is 4.65. The number of likely N-dealkylation sites (tertiary alicyclic amines) is 1. The number of carbonyl (C=O) groups is 1. The largest absolute Gasteiger partial charge is 0.343 e. The molecule has 0 aliphatic carbocycles. The van der Waals surface area contributed by atoms with Crippen molar-refractivity contribution in [1.29, 1.82) is 0 Å². The molecule has 8 nitrogen and oxygen atoms in total. The topological polar surface area (TPSA) is 89.9 Å². The Balaban J connectivity index is 1.31. The van der Waals surface area contributed by atoms with Gasteiger partial charge in [-0.2, -0.15) is 10.1 Å². The first kappa shape index (κ1) is 16.4. The minimum atomic E-state index is 0.168. The standard InChI is InChI=1S/C18H20N6O2/c25-16(7-13-24-10-3-9-20-24)23-11-5-14(6-12-23)17-21-18(26-22-17)15-4-1-2-8-19-15/h1-4,8-10,14H,5-7,11-13H2. The number of pyridine rings is 1. The van der Waals surface area contributed by atoms with Crippen LogP contribution < -0.4 is 0 Å². The van der Waals surface area contributed by atoms with Crippen molar-refractivity contribution in [3.05, 3.63) is 48.7 Å². The van der Waals surface area contributed by atoms with E-state index in [1.165, 1.54) is 0 Å². The number of piperidine rings is 1. The van der Waals surface area contributed by atoms with E-state index in [4.69, 9.17) is 4.52 Å². The second-order valence-corrected chi connectivity index (χ2v) is 6.35. The van der Waals surface area contributed by atoms with Gasteiger partial charge in [0.25, 0.3) is 5.89 Å². The molecular weight excluding hydrogens is 332 g/mol. The summed E-state index contributed by atoms with van der Waals surface area (Å²) in [7, 11) is 0. The number of amides is 1. The molecule has 0 unspecified atom stereocenters. The van der Waals surface area contributed by atoms with Gasteiger partial charge in [-0.05, 0) is 31.0 Å². The average Bonchev–Trinajstić information content (AvgIpc) is 3.39. The van der Waals surface area contributed by atoms with Gasteiger partial charge < -0.3 is 9.42 Å². The zero-order chi connectivity index (χ0) is 17.8. The molecule has 0 aromatic carbocycles. The highest BCUT2D eigenvalue weighted by molar-refractivity contribution is 5.76. The lowest BCUT2D eigenvalue weighted by molar-refractivity contribution is -0.132. The number of aryl methyl sites for hydroxylation is 1. The van der Waals surface area contributed by atoms with Gasteiger partial charge in [-0.25, -0.2) is 0 Å². The fraction of sp³-hybridized carbons (Fsp3) is 0.389. The van der Waals surface area contributed by atoms with E-state index < -0.39 is 0 Å². The molecule has 4 rings (SSSR count). The van der Waals surface area contributed by atoms with E-state index >= 15 is 0 Å². The normalized spacial score (nSPS) is 15.3. The third kappa shape index (κ3) is 3.63. The predicted octanol–water partition coefficient (Wildman–Crippen LogP) is 2.12. The Bertz CT molecular complexity index is 838. The van der Waals surface area contributed by atoms with Gasteiger partial charge >= 0.3 is 0 Å². The highest BCUT2D eigenvalue weighted by Crippen LogP contribution is 2.27. The Kier molecular flexibility index (Phi) is 4.72. The van der Waals surface area contributed by atoms with Gasteiger partial charge in [-0.15, -0.1) is 0 Å². The number of carbonyl (C=O) groups excluding carboxylic acids is 1. The first-order valence-electron chi connectivity index (χ1n) is 8.80. The van der Waals surface area contributed by atoms with Crippen molar-refractivity contribution in [3.8, 4) is 11.6 Å². The summed E-state index contributed by atoms with van der Waals surface area (Å²) < 4.78 is 7.13. The average molecular weight is 352 g/mol. The van der Waals surface area contributed by atoms with Crippen molar-refractivity contribution in [3.63, 3.8) is 0 Å². The Morgan fingerprint density at radius 3 is 2.81 bits per heavy atom. The first-order chi connectivity index (χ1) is 12.8. The van der Waals surface area contributed by atoms with Crippen molar-refractivity contribution < 1.29 is 9.32 Å². The van der Waals surface area contributed by atoms with Gasteiger partial charge in [0.05, 0.1) is 0 Å². The SMILES string of the molecule is O=C(CCn1cccn1)N1CCC(c2noc(-c3ccccn3)n2)CC1. The minimum absolute atomic E-state index is 0.168. The molecule has 4 heterocycles. The smallest absolute Gasteiger partial charge is 0.276 e. The van der Waals surface area contributed by atoms with Gasteiger partial charge in [0.15, 0.2) is 5.82 Å². The van der Waals surface area contributed by atoms with Crippen LogP contribution in [0.15, 0.2) is 47.4 Å². The lowest BCUT2D eigenvalue weighted by Gasteiger charge is -2.30. The molecule has 1 fully saturated rings. The van der Waals surface area contributed by atoms with Crippen LogP contribution in [-0.4, -0.2) is 48.8 Å². The first-order valence-corrected chi connectivity index (χ1v) is 8.80. The quantitative estimate of drug-likeness (QED) is 0.699. The second kappa shape index (κ2) is 7.47. The summed E-state index contributed by atoms with van der Waals surface area (Å²) >= 11 is 0. The number of aromatic nitrogens is 5. The van der Waals surface area contributed by atoms with E-state index in [0.717, 1.165) is 25.9 Å². The number of hydrogen-bond acceptors (Lipinski definition) is 6. The van der Waals surface area contributed by atoms with Gasteiger partial charge in [-0.1, -0.05) is 11.2 Å². The van der Waals surface area contributed by atoms with Crippen molar-refractivity contribution >= 4 is 5.91 Å². The van der Waals surface area contributed by atoms with E-state index in [0.29, 0.717) is 30.4 Å². The summed E-state index contributed by atoms with van der Waals surface area (Å²) in [5.41, 5.74) is 0.678. The summed E-state index contributed by atoms with van der Waals surface area (Å²) in [6, 6.07) is 7.44. The molecule has 1 amide bonds. The van der Waals surface area contributed by atoms with Crippen LogP contribution in [0.2, 0.25) is 0 Å². The van der Waals surface area contributed by atoms with Crippen molar-refractivity contribution in [2.45, 2.75) is 31.7 Å². The fourth-order valence-corrected chi connectivity index (χ4v) is 3.18. The molecule has 0 spiro atoms. The molecule has 0 bridgehead atoms. The maximum atomic E-state index is 12.4. The van der Waals surface area contributed by atoms with E-state index in [-0.39, 0.29) is 11.8 Å². The summed E-state index contributed by atoms with van der Waals surface area (Å²) in [6.07, 6.45) is 7.45. The summed E-state index contributed by atoms with van der Waals surface area (Å²) in [4.78, 5) is 23.0. The molecule has 0 saturated carbocycles. The van der Waals surface area contributed by atoms with Crippen molar-refractivity contribution in [2.75, 3.05) is 13.1 Å². The Hall–Kier alpha value is -3.03. The van der Waals surface area contributed by atoms with Crippen LogP contribution >= 0.6 is 0 Å². The van der Waals surface area contributed by atoms with Crippen molar-refractivity contribution in [1.82, 2.24) is 29.8 Å². The van der Waals surface area contributed by atoms with Gasteiger partial charge in [0, 0.05) is 50.6 Å². The molecule has 3 aromatic rings. The summed E-state index contributed by atoms with van der Waals surface area (Å²) in [6.45, 7) is 2.05. The van der Waals surface area contributed by atoms with Crippen LogP contribution in [0.5, 0.6) is 0 Å². The lowest BCUT2D eigenvalue weighted by Crippen LogP contribution is -2.38. The van der Waals surface area contributed by atoms with E-state index in [2.05, 4.69) is 20.2 Å². The molecule has 0 atom stereocenters. The molecular formula is C18H20N6O2. The fourth-order valence-electron chi connectivity index (χ4n) is 3.18. The van der Waals surface area contributed by atoms with Gasteiger partial charge in [0.2, 0.25) is 5.91 Å². The predicted molar refractivity (Wildman–Crippen MR) is 92.9 cm³/mol. The molecule has 8 heteroatoms. The summed E-state index contributed by atoms with van der Waals surface area (Å²) in [5.74, 6) is 1.53. The van der Waals surface area contributed by atoms with Crippen LogP contribution in [0.25, 0.3) is 11.6 Å². The zero-order valence-electron chi connectivity index (χ0n) is 14.4. The Morgan fingerprint density at radius 1 is 1.19 bits per heavy atom. The lowest BCUT2D eigenvalue weighted by atomic mass is 9.96.